The predicted octanol–water partition coefficient (Wildman–Crippen LogP) is 3.76. The van der Waals surface area contributed by atoms with Gasteiger partial charge < -0.3 is 0 Å². The summed E-state index contributed by atoms with van der Waals surface area (Å²) in [5.74, 6) is 2.33. The summed E-state index contributed by atoms with van der Waals surface area (Å²) in [6.45, 7) is 0. The molecule has 0 heteroatoms. The van der Waals surface area contributed by atoms with E-state index in [4.69, 9.17) is 0 Å². The smallest absolute Gasteiger partial charge is 0.0266 e. The highest BCUT2D eigenvalue weighted by Crippen LogP contribution is 2.61. The van der Waals surface area contributed by atoms with E-state index in [9.17, 15) is 0 Å². The van der Waals surface area contributed by atoms with Crippen molar-refractivity contribution < 1.29 is 0 Å². The van der Waals surface area contributed by atoms with Crippen LogP contribution in [0.3, 0.4) is 0 Å². The van der Waals surface area contributed by atoms with Crippen molar-refractivity contribution in [3.05, 3.63) is 0 Å². The van der Waals surface area contributed by atoms with Crippen molar-refractivity contribution >= 4 is 0 Å². The Morgan fingerprint density at radius 3 is 2.33 bits per heavy atom. The molecule has 0 aliphatic heterocycles. The van der Waals surface area contributed by atoms with E-state index in [0.717, 1.165) is 11.3 Å². The topological polar surface area (TPSA) is 0 Å². The minimum atomic E-state index is 0.890. The van der Waals surface area contributed by atoms with Crippen LogP contribution in [0.15, 0.2) is 0 Å². The van der Waals surface area contributed by atoms with E-state index in [1.54, 1.807) is 51.4 Å². The fourth-order valence-electron chi connectivity index (χ4n) is 4.43. The lowest BCUT2D eigenvalue weighted by atomic mass is 9.64. The summed E-state index contributed by atoms with van der Waals surface area (Å²) in [6, 6.07) is 0. The Bertz CT molecular complexity index is 176. The molecule has 0 saturated heterocycles. The molecule has 0 aromatic rings. The van der Waals surface area contributed by atoms with Crippen LogP contribution in [0.1, 0.15) is 57.8 Å². The molecule has 2 atom stereocenters. The Morgan fingerprint density at radius 2 is 1.75 bits per heavy atom. The lowest BCUT2D eigenvalue weighted by Gasteiger charge is -2.41. The van der Waals surface area contributed by atoms with E-state index in [1.807, 2.05) is 0 Å². The van der Waals surface area contributed by atoms with Gasteiger partial charge in [0.05, 0.1) is 0 Å². The fourth-order valence-corrected chi connectivity index (χ4v) is 4.43. The standard InChI is InChI=1S/C12H20/c1-2-6-12(7-3-1)9-10-4-5-11(12)8-10/h10-11H,1-9H2. The third-order valence-electron chi connectivity index (χ3n) is 4.95. The maximum atomic E-state index is 1.62. The van der Waals surface area contributed by atoms with Crippen molar-refractivity contribution in [2.45, 2.75) is 57.8 Å². The molecular formula is C12H20. The summed E-state index contributed by atoms with van der Waals surface area (Å²) in [5.41, 5.74) is 0.890. The molecule has 3 rings (SSSR count). The zero-order chi connectivity index (χ0) is 8.02. The van der Waals surface area contributed by atoms with E-state index in [2.05, 4.69) is 0 Å². The second-order valence-corrected chi connectivity index (χ2v) is 5.50. The highest BCUT2D eigenvalue weighted by molar-refractivity contribution is 5.01. The Balaban J connectivity index is 1.81. The SMILES string of the molecule is C1CCC2(CC1)CC1CCC2C1. The minimum Gasteiger partial charge on any atom is -0.0533 e. The second kappa shape index (κ2) is 2.49. The predicted molar refractivity (Wildman–Crippen MR) is 51.0 cm³/mol. The maximum Gasteiger partial charge on any atom is -0.0266 e. The van der Waals surface area contributed by atoms with Gasteiger partial charge in [0.2, 0.25) is 0 Å². The van der Waals surface area contributed by atoms with Crippen molar-refractivity contribution in [1.82, 2.24) is 0 Å². The molecule has 0 N–H and O–H groups in total. The van der Waals surface area contributed by atoms with Crippen molar-refractivity contribution in [2.75, 3.05) is 0 Å². The molecular weight excluding hydrogens is 144 g/mol. The third kappa shape index (κ3) is 0.900. The van der Waals surface area contributed by atoms with E-state index >= 15 is 0 Å². The average Bonchev–Trinajstić information content (AvgIpc) is 2.65. The number of hydrogen-bond donors (Lipinski definition) is 0. The highest BCUT2D eigenvalue weighted by Gasteiger charge is 2.50. The molecule has 0 nitrogen and oxygen atoms in total. The lowest BCUT2D eigenvalue weighted by molar-refractivity contribution is 0.102. The van der Waals surface area contributed by atoms with Crippen LogP contribution in [-0.2, 0) is 0 Å². The van der Waals surface area contributed by atoms with Crippen LogP contribution >= 0.6 is 0 Å². The van der Waals surface area contributed by atoms with Crippen molar-refractivity contribution in [2.24, 2.45) is 17.3 Å². The van der Waals surface area contributed by atoms with Crippen LogP contribution in [0, 0.1) is 17.3 Å². The van der Waals surface area contributed by atoms with Crippen LogP contribution in [0.2, 0.25) is 0 Å². The Labute approximate surface area is 75.7 Å². The largest absolute Gasteiger partial charge is 0.0533 e. The van der Waals surface area contributed by atoms with Crippen molar-refractivity contribution in [1.29, 1.82) is 0 Å². The van der Waals surface area contributed by atoms with Crippen LogP contribution in [0.5, 0.6) is 0 Å². The first kappa shape index (κ1) is 7.41. The van der Waals surface area contributed by atoms with Gasteiger partial charge in [-0.25, -0.2) is 0 Å². The average molecular weight is 164 g/mol. The highest BCUT2D eigenvalue weighted by atomic mass is 14.5. The monoisotopic (exact) mass is 164 g/mol. The van der Waals surface area contributed by atoms with E-state index in [0.29, 0.717) is 0 Å². The molecule has 3 fully saturated rings. The van der Waals surface area contributed by atoms with Gasteiger partial charge in [0.1, 0.15) is 0 Å². The van der Waals surface area contributed by atoms with Gasteiger partial charge in [-0.2, -0.15) is 0 Å². The van der Waals surface area contributed by atoms with Gasteiger partial charge in [0.15, 0.2) is 0 Å². The molecule has 0 radical (unpaired) electrons. The van der Waals surface area contributed by atoms with Gasteiger partial charge in [0, 0.05) is 0 Å². The Kier molecular flexibility index (Phi) is 1.54. The molecule has 3 saturated carbocycles. The quantitative estimate of drug-likeness (QED) is 0.511. The van der Waals surface area contributed by atoms with Crippen molar-refractivity contribution in [3.63, 3.8) is 0 Å². The van der Waals surface area contributed by atoms with E-state index < -0.39 is 0 Å². The molecule has 68 valence electrons. The molecule has 3 aliphatic rings. The zero-order valence-corrected chi connectivity index (χ0v) is 8.02. The van der Waals surface area contributed by atoms with Gasteiger partial charge in [-0.3, -0.25) is 0 Å². The summed E-state index contributed by atoms with van der Waals surface area (Å²) in [7, 11) is 0. The van der Waals surface area contributed by atoms with Gasteiger partial charge in [-0.05, 0) is 49.4 Å². The summed E-state index contributed by atoms with van der Waals surface area (Å²) >= 11 is 0. The molecule has 3 aliphatic carbocycles. The second-order valence-electron chi connectivity index (χ2n) is 5.50. The first-order valence-electron chi connectivity index (χ1n) is 5.89. The maximum absolute atomic E-state index is 1.62. The molecule has 0 aromatic carbocycles. The molecule has 0 amide bonds. The molecule has 1 spiro atoms. The summed E-state index contributed by atoms with van der Waals surface area (Å²) in [5, 5.41) is 0. The summed E-state index contributed by atoms with van der Waals surface area (Å²) < 4.78 is 0. The number of rotatable bonds is 0. The van der Waals surface area contributed by atoms with Crippen LogP contribution in [-0.4, -0.2) is 0 Å². The summed E-state index contributed by atoms with van der Waals surface area (Å²) in [4.78, 5) is 0. The molecule has 2 bridgehead atoms. The molecule has 2 unspecified atom stereocenters. The van der Waals surface area contributed by atoms with E-state index in [1.165, 1.54) is 12.3 Å². The molecule has 0 aromatic heterocycles. The molecule has 0 heterocycles. The Morgan fingerprint density at radius 1 is 0.917 bits per heavy atom. The normalized spacial score (nSPS) is 44.0. The third-order valence-corrected chi connectivity index (χ3v) is 4.95. The number of hydrogen-bond acceptors (Lipinski definition) is 0. The number of fused-ring (bicyclic) bond motifs is 3. The van der Waals surface area contributed by atoms with Gasteiger partial charge in [0.25, 0.3) is 0 Å². The van der Waals surface area contributed by atoms with Crippen LogP contribution in [0.25, 0.3) is 0 Å². The van der Waals surface area contributed by atoms with Gasteiger partial charge in [-0.1, -0.05) is 25.7 Å². The zero-order valence-electron chi connectivity index (χ0n) is 8.02. The molecule has 12 heavy (non-hydrogen) atoms. The summed E-state index contributed by atoms with van der Waals surface area (Å²) in [6.07, 6.45) is 14.2. The van der Waals surface area contributed by atoms with E-state index in [-0.39, 0.29) is 0 Å². The van der Waals surface area contributed by atoms with Crippen LogP contribution < -0.4 is 0 Å². The first-order valence-corrected chi connectivity index (χ1v) is 5.89. The Hall–Kier alpha value is 0. The first-order chi connectivity index (χ1) is 5.89. The lowest BCUT2D eigenvalue weighted by Crippen LogP contribution is -2.29. The fraction of sp³-hybridized carbons (Fsp3) is 1.00. The van der Waals surface area contributed by atoms with Crippen molar-refractivity contribution in [3.8, 4) is 0 Å². The van der Waals surface area contributed by atoms with Crippen LogP contribution in [0.4, 0.5) is 0 Å². The van der Waals surface area contributed by atoms with Gasteiger partial charge in [-0.15, -0.1) is 0 Å². The van der Waals surface area contributed by atoms with Gasteiger partial charge >= 0.3 is 0 Å². The minimum absolute atomic E-state index is 0.890.